The summed E-state index contributed by atoms with van der Waals surface area (Å²) in [7, 11) is 0. The van der Waals surface area contributed by atoms with Crippen molar-refractivity contribution in [2.45, 2.75) is 32.2 Å². The average Bonchev–Trinajstić information content (AvgIpc) is 2.26. The van der Waals surface area contributed by atoms with Crippen molar-refractivity contribution in [3.05, 3.63) is 34.9 Å². The van der Waals surface area contributed by atoms with Gasteiger partial charge in [0.05, 0.1) is 5.54 Å². The van der Waals surface area contributed by atoms with Crippen LogP contribution in [0.1, 0.15) is 32.3 Å². The van der Waals surface area contributed by atoms with Crippen LogP contribution in [0.2, 0.25) is 5.02 Å². The van der Waals surface area contributed by atoms with Crippen LogP contribution in [0.3, 0.4) is 0 Å². The van der Waals surface area contributed by atoms with Gasteiger partial charge in [-0.2, -0.15) is 0 Å². The lowest BCUT2D eigenvalue weighted by molar-refractivity contribution is -0.123. The van der Waals surface area contributed by atoms with E-state index in [1.165, 1.54) is 6.42 Å². The fraction of sp³-hybridized carbons (Fsp3) is 0.533. The Labute approximate surface area is 119 Å². The third-order valence-electron chi connectivity index (χ3n) is 3.62. The topological polar surface area (TPSA) is 32.3 Å². The normalized spacial score (nSPS) is 15.9. The molecule has 1 aliphatic rings. The van der Waals surface area contributed by atoms with Gasteiger partial charge in [-0.15, -0.1) is 0 Å². The number of rotatable bonds is 5. The number of carbonyl (C=O) groups excluding carboxylic acids is 1. The van der Waals surface area contributed by atoms with E-state index >= 15 is 0 Å². The summed E-state index contributed by atoms with van der Waals surface area (Å²) in [6.45, 7) is 7.15. The molecule has 1 saturated heterocycles. The van der Waals surface area contributed by atoms with Crippen molar-refractivity contribution in [3.63, 3.8) is 0 Å². The first-order chi connectivity index (χ1) is 8.97. The summed E-state index contributed by atoms with van der Waals surface area (Å²) in [6.07, 6.45) is 1.83. The van der Waals surface area contributed by atoms with E-state index in [2.05, 4.69) is 10.2 Å². The molecule has 1 amide bonds. The van der Waals surface area contributed by atoms with Gasteiger partial charge in [0.15, 0.2) is 0 Å². The smallest absolute Gasteiger partial charge is 0.221 e. The molecule has 1 N–H and O–H groups in total. The van der Waals surface area contributed by atoms with Gasteiger partial charge in [0.25, 0.3) is 0 Å². The summed E-state index contributed by atoms with van der Waals surface area (Å²) in [5, 5.41) is 3.80. The van der Waals surface area contributed by atoms with Crippen LogP contribution in [0.15, 0.2) is 24.3 Å². The Kier molecular flexibility index (Phi) is 4.48. The molecule has 1 aliphatic heterocycles. The molecule has 2 rings (SSSR count). The zero-order valence-electron chi connectivity index (χ0n) is 11.6. The lowest BCUT2D eigenvalue weighted by Crippen LogP contribution is -2.44. The maximum absolute atomic E-state index is 12.0. The van der Waals surface area contributed by atoms with Crippen LogP contribution in [0.5, 0.6) is 0 Å². The molecule has 1 heterocycles. The van der Waals surface area contributed by atoms with E-state index in [0.717, 1.165) is 25.2 Å². The van der Waals surface area contributed by atoms with E-state index in [-0.39, 0.29) is 11.4 Å². The van der Waals surface area contributed by atoms with E-state index in [0.29, 0.717) is 11.4 Å². The van der Waals surface area contributed by atoms with Crippen LogP contribution in [0, 0.1) is 0 Å². The van der Waals surface area contributed by atoms with Crippen molar-refractivity contribution >= 4 is 17.5 Å². The molecule has 0 atom stereocenters. The first kappa shape index (κ1) is 14.4. The zero-order chi connectivity index (χ0) is 13.9. The first-order valence-electron chi connectivity index (χ1n) is 6.77. The first-order valence-corrected chi connectivity index (χ1v) is 7.14. The van der Waals surface area contributed by atoms with E-state index in [9.17, 15) is 4.79 Å². The fourth-order valence-corrected chi connectivity index (χ4v) is 2.34. The zero-order valence-corrected chi connectivity index (χ0v) is 12.3. The molecule has 1 fully saturated rings. The molecule has 0 aliphatic carbocycles. The summed E-state index contributed by atoms with van der Waals surface area (Å²) >= 11 is 5.88. The third kappa shape index (κ3) is 3.95. The average molecular weight is 281 g/mol. The number of hydrogen-bond donors (Lipinski definition) is 1. The minimum Gasteiger partial charge on any atom is -0.347 e. The van der Waals surface area contributed by atoms with Gasteiger partial charge in [0.1, 0.15) is 0 Å². The van der Waals surface area contributed by atoms with Crippen LogP contribution in [0.25, 0.3) is 0 Å². The Balaban J connectivity index is 1.88. The van der Waals surface area contributed by atoms with E-state index < -0.39 is 0 Å². The predicted molar refractivity (Wildman–Crippen MR) is 78.3 cm³/mol. The molecule has 19 heavy (non-hydrogen) atoms. The summed E-state index contributed by atoms with van der Waals surface area (Å²) in [5.74, 6) is 0.104. The second-order valence-electron chi connectivity index (χ2n) is 5.63. The number of carbonyl (C=O) groups is 1. The lowest BCUT2D eigenvalue weighted by Gasteiger charge is -2.31. The molecule has 0 bridgehead atoms. The Hall–Kier alpha value is -1.06. The van der Waals surface area contributed by atoms with Crippen molar-refractivity contribution in [2.24, 2.45) is 0 Å². The molecule has 0 saturated carbocycles. The van der Waals surface area contributed by atoms with Crippen molar-refractivity contribution < 1.29 is 4.79 Å². The molecular formula is C15H21ClN2O. The summed E-state index contributed by atoms with van der Waals surface area (Å²) in [4.78, 5) is 14.3. The molecule has 4 heteroatoms. The molecule has 3 nitrogen and oxygen atoms in total. The summed E-state index contributed by atoms with van der Waals surface area (Å²) < 4.78 is 0. The highest BCUT2D eigenvalue weighted by Gasteiger charge is 2.23. The number of halogens is 1. The number of hydrogen-bond acceptors (Lipinski definition) is 2. The Bertz CT molecular complexity index is 438. The molecular weight excluding hydrogens is 260 g/mol. The minimum absolute atomic E-state index is 0.104. The van der Waals surface area contributed by atoms with Crippen LogP contribution < -0.4 is 5.32 Å². The molecule has 1 aromatic rings. The maximum atomic E-state index is 12.0. The number of nitrogens with one attached hydrogen (secondary N) is 1. The molecule has 0 aromatic heterocycles. The van der Waals surface area contributed by atoms with Crippen LogP contribution in [-0.4, -0.2) is 30.4 Å². The highest BCUT2D eigenvalue weighted by molar-refractivity contribution is 6.30. The summed E-state index contributed by atoms with van der Waals surface area (Å²) in [5.41, 5.74) is 0.700. The SMILES string of the molecule is CC(C)(NC(=O)CCN1CCC1)c1ccc(Cl)cc1. The molecule has 0 spiro atoms. The van der Waals surface area contributed by atoms with Gasteiger partial charge in [0, 0.05) is 18.0 Å². The highest BCUT2D eigenvalue weighted by Crippen LogP contribution is 2.22. The van der Waals surface area contributed by atoms with Crippen LogP contribution in [0.4, 0.5) is 0 Å². The van der Waals surface area contributed by atoms with Crippen molar-refractivity contribution in [1.29, 1.82) is 0 Å². The van der Waals surface area contributed by atoms with Crippen LogP contribution in [-0.2, 0) is 10.3 Å². The summed E-state index contributed by atoms with van der Waals surface area (Å²) in [6, 6.07) is 7.62. The van der Waals surface area contributed by atoms with Crippen LogP contribution >= 0.6 is 11.6 Å². The molecule has 0 unspecified atom stereocenters. The van der Waals surface area contributed by atoms with Gasteiger partial charge < -0.3 is 10.2 Å². The molecule has 104 valence electrons. The van der Waals surface area contributed by atoms with Gasteiger partial charge in [0.2, 0.25) is 5.91 Å². The highest BCUT2D eigenvalue weighted by atomic mass is 35.5. The Morgan fingerprint density at radius 3 is 2.47 bits per heavy atom. The van der Waals surface area contributed by atoms with E-state index in [1.807, 2.05) is 38.1 Å². The van der Waals surface area contributed by atoms with Crippen molar-refractivity contribution in [3.8, 4) is 0 Å². The minimum atomic E-state index is -0.364. The number of nitrogens with zero attached hydrogens (tertiary/aromatic N) is 1. The number of likely N-dealkylation sites (tertiary alicyclic amines) is 1. The van der Waals surface area contributed by atoms with Gasteiger partial charge in [-0.25, -0.2) is 0 Å². The number of benzene rings is 1. The number of amides is 1. The van der Waals surface area contributed by atoms with Crippen molar-refractivity contribution in [1.82, 2.24) is 10.2 Å². The maximum Gasteiger partial charge on any atom is 0.221 e. The Morgan fingerprint density at radius 2 is 1.95 bits per heavy atom. The van der Waals surface area contributed by atoms with Gasteiger partial charge >= 0.3 is 0 Å². The van der Waals surface area contributed by atoms with Gasteiger partial charge in [-0.1, -0.05) is 23.7 Å². The monoisotopic (exact) mass is 280 g/mol. The largest absolute Gasteiger partial charge is 0.347 e. The predicted octanol–water partition coefficient (Wildman–Crippen LogP) is 2.79. The standard InChI is InChI=1S/C15H21ClN2O/c1-15(2,12-4-6-13(16)7-5-12)17-14(19)8-11-18-9-3-10-18/h4-7H,3,8-11H2,1-2H3,(H,17,19). The Morgan fingerprint density at radius 1 is 1.32 bits per heavy atom. The molecule has 0 radical (unpaired) electrons. The molecule has 1 aromatic carbocycles. The fourth-order valence-electron chi connectivity index (χ4n) is 2.21. The second-order valence-corrected chi connectivity index (χ2v) is 6.06. The lowest BCUT2D eigenvalue weighted by atomic mass is 9.94. The van der Waals surface area contributed by atoms with E-state index in [1.54, 1.807) is 0 Å². The van der Waals surface area contributed by atoms with Gasteiger partial charge in [-0.05, 0) is 51.1 Å². The quantitative estimate of drug-likeness (QED) is 0.899. The second kappa shape index (κ2) is 5.93. The van der Waals surface area contributed by atoms with Gasteiger partial charge in [-0.3, -0.25) is 4.79 Å². The van der Waals surface area contributed by atoms with E-state index in [4.69, 9.17) is 11.6 Å². The van der Waals surface area contributed by atoms with Crippen molar-refractivity contribution in [2.75, 3.05) is 19.6 Å². The third-order valence-corrected chi connectivity index (χ3v) is 3.87.